The number of morpholine rings is 1. The normalized spacial score (nSPS) is 18.5. The lowest BCUT2D eigenvalue weighted by molar-refractivity contribution is -0.123. The molecule has 0 saturated carbocycles. The summed E-state index contributed by atoms with van der Waals surface area (Å²) in [7, 11) is -4.00. The van der Waals surface area contributed by atoms with Crippen molar-refractivity contribution in [3.05, 3.63) is 101 Å². The highest BCUT2D eigenvalue weighted by Gasteiger charge is 2.44. The first-order valence-corrected chi connectivity index (χ1v) is 17.7. The molecular formula is C34H34N6O7S2. The van der Waals surface area contributed by atoms with Gasteiger partial charge < -0.3 is 19.4 Å². The average molecular weight is 703 g/mol. The molecule has 3 aromatic carbocycles. The number of nitrogens with zero attached hydrogens (tertiary/aromatic N) is 4. The first kappa shape index (κ1) is 33.9. The second kappa shape index (κ2) is 13.5. The molecular weight excluding hydrogens is 669 g/mol. The van der Waals surface area contributed by atoms with E-state index in [1.807, 2.05) is 30.3 Å². The number of hydrogen-bond donors (Lipinski definition) is 2. The number of amides is 4. The molecule has 2 aromatic heterocycles. The minimum atomic E-state index is -4.00. The minimum Gasteiger partial charge on any atom is -0.423 e. The van der Waals surface area contributed by atoms with Gasteiger partial charge in [0, 0.05) is 18.7 Å². The van der Waals surface area contributed by atoms with Crippen molar-refractivity contribution in [2.45, 2.75) is 37.3 Å². The molecule has 0 aliphatic carbocycles. The molecule has 5 aromatic rings. The van der Waals surface area contributed by atoms with Crippen molar-refractivity contribution in [3.8, 4) is 11.1 Å². The molecule has 0 bridgehead atoms. The molecule has 4 heterocycles. The Balaban J connectivity index is 0.00000417. The summed E-state index contributed by atoms with van der Waals surface area (Å²) in [5, 5.41) is 11.7. The second-order valence-corrected chi connectivity index (χ2v) is 15.0. The van der Waals surface area contributed by atoms with Crippen LogP contribution >= 0.6 is 11.3 Å². The van der Waals surface area contributed by atoms with E-state index in [0.29, 0.717) is 42.9 Å². The van der Waals surface area contributed by atoms with Gasteiger partial charge in [-0.25, -0.2) is 18.2 Å². The molecule has 254 valence electrons. The van der Waals surface area contributed by atoms with Gasteiger partial charge in [0.25, 0.3) is 11.8 Å². The molecule has 7 rings (SSSR count). The van der Waals surface area contributed by atoms with E-state index in [1.165, 1.54) is 18.3 Å². The molecule has 4 amide bonds. The lowest BCUT2D eigenvalue weighted by Gasteiger charge is -2.26. The molecule has 2 saturated heterocycles. The molecule has 2 atom stereocenters. The van der Waals surface area contributed by atoms with E-state index >= 15 is 0 Å². The average Bonchev–Trinajstić information content (AvgIpc) is 3.77. The number of urea groups is 1. The van der Waals surface area contributed by atoms with Gasteiger partial charge in [-0.05, 0) is 47.9 Å². The monoisotopic (exact) mass is 702 g/mol. The van der Waals surface area contributed by atoms with Crippen molar-refractivity contribution in [3.63, 3.8) is 0 Å². The van der Waals surface area contributed by atoms with E-state index in [4.69, 9.17) is 14.1 Å². The number of carbonyl (C=O) groups excluding carboxylic acids is 3. The van der Waals surface area contributed by atoms with E-state index in [1.54, 1.807) is 47.4 Å². The summed E-state index contributed by atoms with van der Waals surface area (Å²) in [6.45, 7) is 3.70. The quantitative estimate of drug-likeness (QED) is 0.211. The van der Waals surface area contributed by atoms with Crippen molar-refractivity contribution < 1.29 is 32.0 Å². The summed E-state index contributed by atoms with van der Waals surface area (Å²) in [5.41, 5.74) is 2.19. The Morgan fingerprint density at radius 2 is 1.71 bits per heavy atom. The fourth-order valence-electron chi connectivity index (χ4n) is 5.74. The van der Waals surface area contributed by atoms with Crippen LogP contribution < -0.4 is 10.6 Å². The molecule has 15 heteroatoms. The standard InChI is InChI=1S/C33H30N6O7S2.CH4/c1-33(31(41)35-32(42)36-33)18-26-37-38-28(46-26)27(48(43,44)19-20-5-3-2-4-6-20)29-34-24-12-11-23(17-25(24)47-29)21-7-9-22(10-8-21)30(40)39-13-15-45-16-14-39;/h2-12,17,27H,13-16,18-19H2,1H3,(H2,35,36,41,42);1H4. The van der Waals surface area contributed by atoms with Crippen LogP contribution in [-0.4, -0.2) is 78.2 Å². The van der Waals surface area contributed by atoms with E-state index in [0.717, 1.165) is 15.8 Å². The van der Waals surface area contributed by atoms with Crippen LogP contribution in [0.15, 0.2) is 77.2 Å². The minimum absolute atomic E-state index is 0. The summed E-state index contributed by atoms with van der Waals surface area (Å²) in [6.07, 6.45) is -0.136. The Morgan fingerprint density at radius 3 is 2.41 bits per heavy atom. The maximum absolute atomic E-state index is 14.1. The summed E-state index contributed by atoms with van der Waals surface area (Å²) in [5.74, 6) is -1.09. The number of nitrogens with one attached hydrogen (secondary N) is 2. The summed E-state index contributed by atoms with van der Waals surface area (Å²) in [6, 6.07) is 21.1. The number of carbonyl (C=O) groups is 3. The van der Waals surface area contributed by atoms with E-state index in [2.05, 4.69) is 20.8 Å². The zero-order valence-corrected chi connectivity index (χ0v) is 27.3. The Kier molecular flexibility index (Phi) is 9.33. The van der Waals surface area contributed by atoms with Gasteiger partial charge in [-0.3, -0.25) is 14.9 Å². The van der Waals surface area contributed by atoms with Crippen molar-refractivity contribution >= 4 is 49.2 Å². The smallest absolute Gasteiger partial charge is 0.322 e. The number of thiazole rings is 1. The van der Waals surface area contributed by atoms with E-state index < -0.39 is 32.6 Å². The number of sulfone groups is 1. The van der Waals surface area contributed by atoms with Gasteiger partial charge in [0.1, 0.15) is 10.5 Å². The van der Waals surface area contributed by atoms with Crippen LogP contribution in [0.2, 0.25) is 0 Å². The van der Waals surface area contributed by atoms with Gasteiger partial charge >= 0.3 is 6.03 Å². The van der Waals surface area contributed by atoms with Crippen LogP contribution in [0.4, 0.5) is 4.79 Å². The molecule has 13 nitrogen and oxygen atoms in total. The predicted molar refractivity (Wildman–Crippen MR) is 182 cm³/mol. The summed E-state index contributed by atoms with van der Waals surface area (Å²) < 4.78 is 40.1. The van der Waals surface area contributed by atoms with E-state index in [-0.39, 0.29) is 42.3 Å². The Labute approximate surface area is 286 Å². The van der Waals surface area contributed by atoms with Crippen LogP contribution in [-0.2, 0) is 31.5 Å². The number of rotatable bonds is 9. The fourth-order valence-corrected chi connectivity index (χ4v) is 8.89. The lowest BCUT2D eigenvalue weighted by Crippen LogP contribution is -2.45. The number of imide groups is 1. The molecule has 0 spiro atoms. The highest BCUT2D eigenvalue weighted by molar-refractivity contribution is 7.91. The van der Waals surface area contributed by atoms with Gasteiger partial charge in [-0.1, -0.05) is 56.0 Å². The third-order valence-corrected chi connectivity index (χ3v) is 11.4. The molecule has 2 unspecified atom stereocenters. The maximum atomic E-state index is 14.1. The SMILES string of the molecule is C.CC1(Cc2nnc(C(c3nc4ccc(-c5ccc(C(=O)N6CCOCC6)cc5)cc4s3)S(=O)(=O)Cc3ccccc3)o2)NC(=O)NC1=O. The predicted octanol–water partition coefficient (Wildman–Crippen LogP) is 4.30. The maximum Gasteiger partial charge on any atom is 0.322 e. The van der Waals surface area contributed by atoms with Crippen molar-refractivity contribution in [1.29, 1.82) is 0 Å². The molecule has 0 radical (unpaired) electrons. The highest BCUT2D eigenvalue weighted by atomic mass is 32.2. The molecule has 2 N–H and O–H groups in total. The first-order valence-electron chi connectivity index (χ1n) is 15.2. The third kappa shape index (κ3) is 6.95. The topological polar surface area (TPSA) is 174 Å². The van der Waals surface area contributed by atoms with Crippen LogP contribution in [0, 0.1) is 0 Å². The molecule has 2 fully saturated rings. The zero-order valence-electron chi connectivity index (χ0n) is 25.7. The largest absolute Gasteiger partial charge is 0.423 e. The molecule has 2 aliphatic rings. The van der Waals surface area contributed by atoms with Gasteiger partial charge in [0.15, 0.2) is 15.1 Å². The Hall–Kier alpha value is -4.99. The van der Waals surface area contributed by atoms with Crippen LogP contribution in [0.1, 0.15) is 52.3 Å². The number of fused-ring (bicyclic) bond motifs is 1. The summed E-state index contributed by atoms with van der Waals surface area (Å²) >= 11 is 1.20. The Morgan fingerprint density at radius 1 is 1.00 bits per heavy atom. The van der Waals surface area contributed by atoms with Crippen molar-refractivity contribution in [2.75, 3.05) is 26.3 Å². The van der Waals surface area contributed by atoms with Gasteiger partial charge in [-0.15, -0.1) is 21.5 Å². The van der Waals surface area contributed by atoms with Gasteiger partial charge in [0.05, 0.1) is 35.6 Å². The van der Waals surface area contributed by atoms with E-state index in [9.17, 15) is 22.8 Å². The second-order valence-electron chi connectivity index (χ2n) is 11.8. The van der Waals surface area contributed by atoms with Crippen molar-refractivity contribution in [2.24, 2.45) is 0 Å². The third-order valence-electron chi connectivity index (χ3n) is 8.29. The molecule has 2 aliphatic heterocycles. The van der Waals surface area contributed by atoms with Crippen molar-refractivity contribution in [1.82, 2.24) is 30.7 Å². The molecule has 49 heavy (non-hydrogen) atoms. The fraction of sp³-hybridized carbons (Fsp3) is 0.294. The Bertz CT molecular complexity index is 2130. The van der Waals surface area contributed by atoms with Crippen LogP contribution in [0.25, 0.3) is 21.3 Å². The van der Waals surface area contributed by atoms with Crippen LogP contribution in [0.3, 0.4) is 0 Å². The number of aromatic nitrogens is 3. The number of hydrogen-bond acceptors (Lipinski definition) is 11. The zero-order chi connectivity index (χ0) is 33.5. The van der Waals surface area contributed by atoms with Gasteiger partial charge in [0.2, 0.25) is 11.8 Å². The lowest BCUT2D eigenvalue weighted by atomic mass is 9.98. The highest BCUT2D eigenvalue weighted by Crippen LogP contribution is 2.38. The van der Waals surface area contributed by atoms with Gasteiger partial charge in [-0.2, -0.15) is 0 Å². The summed E-state index contributed by atoms with van der Waals surface area (Å²) in [4.78, 5) is 43.5. The number of ether oxygens (including phenoxy) is 1. The van der Waals surface area contributed by atoms with Crippen LogP contribution in [0.5, 0.6) is 0 Å². The number of benzene rings is 3. The first-order chi connectivity index (χ1) is 23.1.